The lowest BCUT2D eigenvalue weighted by Crippen LogP contribution is -2.43. The summed E-state index contributed by atoms with van der Waals surface area (Å²) in [4.78, 5) is 9.06. The first-order chi connectivity index (χ1) is 18.2. The Bertz CT molecular complexity index is 1240. The molecule has 188 valence electrons. The molecule has 0 saturated heterocycles. The average molecular weight is 511 g/mol. The van der Waals surface area contributed by atoms with E-state index in [0.29, 0.717) is 34.3 Å². The molecule has 1 saturated carbocycles. The number of aromatic nitrogens is 2. The van der Waals surface area contributed by atoms with Gasteiger partial charge in [-0.2, -0.15) is 9.97 Å². The van der Waals surface area contributed by atoms with Gasteiger partial charge in [0.15, 0.2) is 5.11 Å². The smallest absolute Gasteiger partial charge is 0.235 e. The molecule has 0 amide bonds. The van der Waals surface area contributed by atoms with E-state index in [4.69, 9.17) is 21.7 Å². The van der Waals surface area contributed by atoms with Crippen LogP contribution in [0.25, 0.3) is 0 Å². The highest BCUT2D eigenvalue weighted by Crippen LogP contribution is 2.39. The lowest BCUT2D eigenvalue weighted by molar-refractivity contribution is 0.292. The summed E-state index contributed by atoms with van der Waals surface area (Å²) >= 11 is 5.67. The van der Waals surface area contributed by atoms with Gasteiger partial charge in [0.1, 0.15) is 11.5 Å². The second-order valence-corrected chi connectivity index (χ2v) is 9.62. The van der Waals surface area contributed by atoms with Crippen molar-refractivity contribution in [1.82, 2.24) is 15.3 Å². The van der Waals surface area contributed by atoms with E-state index in [0.717, 1.165) is 19.4 Å². The topological polar surface area (TPSA) is 68.3 Å². The van der Waals surface area contributed by atoms with Gasteiger partial charge in [0, 0.05) is 12.0 Å². The van der Waals surface area contributed by atoms with Crippen LogP contribution < -0.4 is 20.1 Å². The van der Waals surface area contributed by atoms with Crippen LogP contribution in [-0.2, 0) is 5.41 Å². The number of nitrogens with one attached hydrogen (secondary N) is 2. The lowest BCUT2D eigenvalue weighted by Gasteiger charge is -2.38. The molecule has 3 aromatic carbocycles. The first kappa shape index (κ1) is 24.7. The van der Waals surface area contributed by atoms with Crippen LogP contribution in [0.4, 0.5) is 5.95 Å². The minimum atomic E-state index is 0.0615. The molecule has 4 aromatic rings. The molecule has 1 aliphatic carbocycles. The maximum Gasteiger partial charge on any atom is 0.235 e. The fourth-order valence-electron chi connectivity index (χ4n) is 4.77. The molecule has 0 spiro atoms. The predicted octanol–water partition coefficient (Wildman–Crippen LogP) is 7.25. The van der Waals surface area contributed by atoms with Crippen molar-refractivity contribution in [3.63, 3.8) is 0 Å². The zero-order valence-electron chi connectivity index (χ0n) is 20.6. The maximum atomic E-state index is 5.97. The summed E-state index contributed by atoms with van der Waals surface area (Å²) in [5.41, 5.74) is 1.42. The van der Waals surface area contributed by atoms with Crippen molar-refractivity contribution < 1.29 is 9.47 Å². The Hall–Kier alpha value is -3.97. The molecular formula is C30H30N4O2S. The molecule has 0 bridgehead atoms. The Morgan fingerprint density at radius 3 is 1.78 bits per heavy atom. The van der Waals surface area contributed by atoms with Gasteiger partial charge in [0.25, 0.3) is 0 Å². The maximum absolute atomic E-state index is 5.97. The van der Waals surface area contributed by atoms with Gasteiger partial charge in [-0.25, -0.2) is 0 Å². The number of ether oxygens (including phenoxy) is 2. The molecule has 1 fully saturated rings. The average Bonchev–Trinajstić information content (AvgIpc) is 2.94. The van der Waals surface area contributed by atoms with Crippen LogP contribution in [0, 0.1) is 0 Å². The Labute approximate surface area is 223 Å². The van der Waals surface area contributed by atoms with E-state index in [1.54, 1.807) is 6.07 Å². The molecule has 5 rings (SSSR count). The quantitative estimate of drug-likeness (QED) is 0.242. The SMILES string of the molecule is S=C(NCC1(c2ccccc2)CCCCC1)Nc1nc(Oc2ccccc2)cc(Oc2ccccc2)n1. The Balaban J connectivity index is 1.32. The van der Waals surface area contributed by atoms with Crippen LogP contribution in [0.15, 0.2) is 97.1 Å². The van der Waals surface area contributed by atoms with Gasteiger partial charge in [-0.1, -0.05) is 86.0 Å². The second-order valence-electron chi connectivity index (χ2n) is 9.21. The van der Waals surface area contributed by atoms with Crippen molar-refractivity contribution in [3.05, 3.63) is 103 Å². The van der Waals surface area contributed by atoms with E-state index in [-0.39, 0.29) is 5.41 Å². The van der Waals surface area contributed by atoms with Gasteiger partial charge < -0.3 is 20.1 Å². The highest BCUT2D eigenvalue weighted by Gasteiger charge is 2.33. The van der Waals surface area contributed by atoms with Crippen molar-refractivity contribution in [1.29, 1.82) is 0 Å². The van der Waals surface area contributed by atoms with Crippen LogP contribution >= 0.6 is 12.2 Å². The number of benzene rings is 3. The minimum Gasteiger partial charge on any atom is -0.439 e. The van der Waals surface area contributed by atoms with Crippen molar-refractivity contribution in [2.75, 3.05) is 11.9 Å². The first-order valence-corrected chi connectivity index (χ1v) is 13.0. The lowest BCUT2D eigenvalue weighted by atomic mass is 9.69. The predicted molar refractivity (Wildman–Crippen MR) is 150 cm³/mol. The molecular weight excluding hydrogens is 480 g/mol. The monoisotopic (exact) mass is 510 g/mol. The third kappa shape index (κ3) is 6.62. The number of nitrogens with zero attached hydrogens (tertiary/aromatic N) is 2. The molecule has 6 nitrogen and oxygen atoms in total. The second kappa shape index (κ2) is 11.8. The van der Waals surface area contributed by atoms with Crippen LogP contribution in [0.1, 0.15) is 37.7 Å². The molecule has 0 radical (unpaired) electrons. The van der Waals surface area contributed by atoms with Crippen molar-refractivity contribution >= 4 is 23.3 Å². The summed E-state index contributed by atoms with van der Waals surface area (Å²) in [6.07, 6.45) is 6.00. The van der Waals surface area contributed by atoms with Crippen molar-refractivity contribution in [2.45, 2.75) is 37.5 Å². The van der Waals surface area contributed by atoms with Gasteiger partial charge in [-0.3, -0.25) is 0 Å². The van der Waals surface area contributed by atoms with Crippen LogP contribution in [0.2, 0.25) is 0 Å². The summed E-state index contributed by atoms with van der Waals surface area (Å²) in [6.45, 7) is 0.746. The van der Waals surface area contributed by atoms with Crippen LogP contribution in [0.3, 0.4) is 0 Å². The van der Waals surface area contributed by atoms with Gasteiger partial charge in [-0.15, -0.1) is 0 Å². The third-order valence-corrected chi connectivity index (χ3v) is 6.87. The highest BCUT2D eigenvalue weighted by atomic mass is 32.1. The number of thiocarbonyl (C=S) groups is 1. The molecule has 0 atom stereocenters. The summed E-state index contributed by atoms with van der Waals surface area (Å²) in [7, 11) is 0. The van der Waals surface area contributed by atoms with Crippen LogP contribution in [-0.4, -0.2) is 21.6 Å². The standard InChI is InChI=1S/C30H30N4O2S/c37-29(31-22-30(19-11-4-12-20-30)23-13-5-1-6-14-23)34-28-32-26(35-24-15-7-2-8-16-24)21-27(33-28)36-25-17-9-3-10-18-25/h1-3,5-10,13-18,21H,4,11-12,19-20,22H2,(H2,31,32,33,34,37). The van der Waals surface area contributed by atoms with Gasteiger partial charge in [0.2, 0.25) is 17.7 Å². The summed E-state index contributed by atoms with van der Waals surface area (Å²) < 4.78 is 11.9. The van der Waals surface area contributed by atoms with Crippen molar-refractivity contribution in [3.8, 4) is 23.3 Å². The summed E-state index contributed by atoms with van der Waals surface area (Å²) in [5, 5.41) is 7.04. The van der Waals surface area contributed by atoms with Gasteiger partial charge in [0.05, 0.1) is 6.07 Å². The Morgan fingerprint density at radius 2 is 1.24 bits per heavy atom. The molecule has 2 N–H and O–H groups in total. The number of rotatable bonds is 8. The Kier molecular flexibility index (Phi) is 7.91. The molecule has 37 heavy (non-hydrogen) atoms. The van der Waals surface area contributed by atoms with E-state index in [9.17, 15) is 0 Å². The summed E-state index contributed by atoms with van der Waals surface area (Å²) in [6, 6.07) is 31.4. The minimum absolute atomic E-state index is 0.0615. The number of hydrogen-bond donors (Lipinski definition) is 2. The van der Waals surface area contributed by atoms with E-state index < -0.39 is 0 Å². The molecule has 7 heteroatoms. The van der Waals surface area contributed by atoms with E-state index in [2.05, 4.69) is 50.9 Å². The van der Waals surface area contributed by atoms with Crippen LogP contribution in [0.5, 0.6) is 23.3 Å². The van der Waals surface area contributed by atoms with Gasteiger partial charge >= 0.3 is 0 Å². The first-order valence-electron chi connectivity index (χ1n) is 12.6. The zero-order valence-corrected chi connectivity index (χ0v) is 21.4. The van der Waals surface area contributed by atoms with E-state index in [1.807, 2.05) is 60.7 Å². The largest absolute Gasteiger partial charge is 0.439 e. The number of para-hydroxylation sites is 2. The van der Waals surface area contributed by atoms with Gasteiger partial charge in [-0.05, 0) is 54.9 Å². The molecule has 1 heterocycles. The Morgan fingerprint density at radius 1 is 0.730 bits per heavy atom. The normalized spacial score (nSPS) is 14.4. The third-order valence-electron chi connectivity index (χ3n) is 6.62. The number of hydrogen-bond acceptors (Lipinski definition) is 5. The van der Waals surface area contributed by atoms with Crippen molar-refractivity contribution in [2.24, 2.45) is 0 Å². The fraction of sp³-hybridized carbons (Fsp3) is 0.233. The zero-order chi connectivity index (χ0) is 25.3. The van der Waals surface area contributed by atoms with E-state index in [1.165, 1.54) is 24.8 Å². The highest BCUT2D eigenvalue weighted by molar-refractivity contribution is 7.80. The summed E-state index contributed by atoms with van der Waals surface area (Å²) in [5.74, 6) is 2.34. The number of anilines is 1. The fourth-order valence-corrected chi connectivity index (χ4v) is 4.93. The molecule has 0 unspecified atom stereocenters. The molecule has 1 aromatic heterocycles. The molecule has 0 aliphatic heterocycles. The van der Waals surface area contributed by atoms with E-state index >= 15 is 0 Å². The molecule has 1 aliphatic rings.